The van der Waals surface area contributed by atoms with E-state index in [1.807, 2.05) is 18.2 Å². The third-order valence-electron chi connectivity index (χ3n) is 3.10. The van der Waals surface area contributed by atoms with Crippen LogP contribution in [0.1, 0.15) is 32.1 Å². The summed E-state index contributed by atoms with van der Waals surface area (Å²) in [6.45, 7) is 0. The first-order chi connectivity index (χ1) is 7.75. The molecule has 2 nitrogen and oxygen atoms in total. The highest BCUT2D eigenvalue weighted by Crippen LogP contribution is 2.28. The lowest BCUT2D eigenvalue weighted by Gasteiger charge is -2.10. The number of carbonyl (C=O) groups is 1. The largest absolute Gasteiger partial charge is 0.325 e. The normalized spacial score (nSPS) is 16.3. The van der Waals surface area contributed by atoms with E-state index in [0.717, 1.165) is 0 Å². The van der Waals surface area contributed by atoms with Gasteiger partial charge in [0, 0.05) is 6.42 Å². The first-order valence-electron chi connectivity index (χ1n) is 5.80. The summed E-state index contributed by atoms with van der Waals surface area (Å²) in [6.07, 6.45) is 5.55. The molecule has 0 aliphatic heterocycles. The molecule has 1 fully saturated rings. The first kappa shape index (κ1) is 11.5. The number of para-hydroxylation sites is 1. The van der Waals surface area contributed by atoms with Crippen molar-refractivity contribution in [2.24, 2.45) is 5.92 Å². The monoisotopic (exact) mass is 237 g/mol. The quantitative estimate of drug-likeness (QED) is 0.850. The van der Waals surface area contributed by atoms with Gasteiger partial charge in [0.25, 0.3) is 0 Å². The molecule has 0 bridgehead atoms. The summed E-state index contributed by atoms with van der Waals surface area (Å²) in [4.78, 5) is 11.8. The smallest absolute Gasteiger partial charge is 0.224 e. The van der Waals surface area contributed by atoms with Crippen LogP contribution in [0.2, 0.25) is 5.02 Å². The van der Waals surface area contributed by atoms with Crippen LogP contribution in [0, 0.1) is 5.92 Å². The molecule has 0 heterocycles. The van der Waals surface area contributed by atoms with Crippen LogP contribution in [-0.4, -0.2) is 5.91 Å². The Hall–Kier alpha value is -1.02. The number of anilines is 1. The molecule has 1 saturated carbocycles. The maximum absolute atomic E-state index is 11.8. The predicted molar refractivity (Wildman–Crippen MR) is 66.7 cm³/mol. The Bertz CT molecular complexity index is 372. The zero-order valence-electron chi connectivity index (χ0n) is 9.21. The van der Waals surface area contributed by atoms with Gasteiger partial charge in [-0.25, -0.2) is 0 Å². The van der Waals surface area contributed by atoms with Crippen molar-refractivity contribution in [1.29, 1.82) is 0 Å². The van der Waals surface area contributed by atoms with Crippen molar-refractivity contribution in [2.45, 2.75) is 32.1 Å². The van der Waals surface area contributed by atoms with Gasteiger partial charge in [-0.2, -0.15) is 0 Å². The second kappa shape index (κ2) is 5.35. The van der Waals surface area contributed by atoms with E-state index in [9.17, 15) is 4.79 Å². The molecule has 1 aliphatic rings. The summed E-state index contributed by atoms with van der Waals surface area (Å²) >= 11 is 5.97. The molecule has 1 aromatic rings. The molecule has 1 N–H and O–H groups in total. The molecule has 0 aromatic heterocycles. The second-order valence-corrected chi connectivity index (χ2v) is 4.79. The summed E-state index contributed by atoms with van der Waals surface area (Å²) in [7, 11) is 0. The molecule has 16 heavy (non-hydrogen) atoms. The van der Waals surface area contributed by atoms with Crippen molar-refractivity contribution >= 4 is 23.2 Å². The van der Waals surface area contributed by atoms with Crippen LogP contribution in [0.3, 0.4) is 0 Å². The van der Waals surface area contributed by atoms with Gasteiger partial charge in [-0.15, -0.1) is 0 Å². The Balaban J connectivity index is 1.89. The van der Waals surface area contributed by atoms with Gasteiger partial charge in [0.05, 0.1) is 10.7 Å². The Kier molecular flexibility index (Phi) is 3.83. The highest BCUT2D eigenvalue weighted by atomic mass is 35.5. The molecule has 0 saturated heterocycles. The van der Waals surface area contributed by atoms with E-state index < -0.39 is 0 Å². The van der Waals surface area contributed by atoms with Crippen LogP contribution in [0.4, 0.5) is 5.69 Å². The van der Waals surface area contributed by atoms with E-state index in [4.69, 9.17) is 11.6 Å². The first-order valence-corrected chi connectivity index (χ1v) is 6.18. The maximum Gasteiger partial charge on any atom is 0.224 e. The lowest BCUT2D eigenvalue weighted by Crippen LogP contribution is -2.15. The zero-order valence-corrected chi connectivity index (χ0v) is 9.96. The van der Waals surface area contributed by atoms with Gasteiger partial charge in [0.1, 0.15) is 0 Å². The van der Waals surface area contributed by atoms with Crippen LogP contribution in [0.25, 0.3) is 0 Å². The van der Waals surface area contributed by atoms with Crippen LogP contribution in [0.5, 0.6) is 0 Å². The van der Waals surface area contributed by atoms with Crippen LogP contribution in [-0.2, 0) is 4.79 Å². The number of amides is 1. The number of hydrogen-bond donors (Lipinski definition) is 1. The van der Waals surface area contributed by atoms with Crippen LogP contribution < -0.4 is 5.32 Å². The summed E-state index contributed by atoms with van der Waals surface area (Å²) < 4.78 is 0. The summed E-state index contributed by atoms with van der Waals surface area (Å²) in [5.74, 6) is 0.655. The highest BCUT2D eigenvalue weighted by molar-refractivity contribution is 6.33. The highest BCUT2D eigenvalue weighted by Gasteiger charge is 2.18. The van der Waals surface area contributed by atoms with Crippen molar-refractivity contribution < 1.29 is 4.79 Å². The van der Waals surface area contributed by atoms with Gasteiger partial charge in [-0.3, -0.25) is 4.79 Å². The molecule has 1 aromatic carbocycles. The van der Waals surface area contributed by atoms with E-state index in [2.05, 4.69) is 5.32 Å². The standard InChI is InChI=1S/C13H16ClNO/c14-11-7-3-4-8-12(11)15-13(16)9-10-5-1-2-6-10/h3-4,7-8,10H,1-2,5-6,9H2,(H,15,16). The Morgan fingerprint density at radius 1 is 1.31 bits per heavy atom. The summed E-state index contributed by atoms with van der Waals surface area (Å²) in [5.41, 5.74) is 0.715. The van der Waals surface area contributed by atoms with Gasteiger partial charge in [0.2, 0.25) is 5.91 Å². The lowest BCUT2D eigenvalue weighted by atomic mass is 10.0. The zero-order chi connectivity index (χ0) is 11.4. The molecule has 86 valence electrons. The number of nitrogens with one attached hydrogen (secondary N) is 1. The SMILES string of the molecule is O=C(CC1CCCC1)Nc1ccccc1Cl. The number of benzene rings is 1. The Labute approximate surface area is 101 Å². The molecular formula is C13H16ClNO. The van der Waals surface area contributed by atoms with E-state index in [1.54, 1.807) is 6.07 Å². The van der Waals surface area contributed by atoms with Crippen molar-refractivity contribution in [3.8, 4) is 0 Å². The van der Waals surface area contributed by atoms with Gasteiger partial charge in [0.15, 0.2) is 0 Å². The molecule has 1 aliphatic carbocycles. The molecule has 0 spiro atoms. The molecule has 3 heteroatoms. The summed E-state index contributed by atoms with van der Waals surface area (Å²) in [6, 6.07) is 7.34. The lowest BCUT2D eigenvalue weighted by molar-refractivity contribution is -0.117. The third kappa shape index (κ3) is 2.99. The fraction of sp³-hybridized carbons (Fsp3) is 0.462. The van der Waals surface area contributed by atoms with E-state index >= 15 is 0 Å². The number of carbonyl (C=O) groups excluding carboxylic acids is 1. The van der Waals surface area contributed by atoms with Crippen LogP contribution in [0.15, 0.2) is 24.3 Å². The van der Waals surface area contributed by atoms with Gasteiger partial charge < -0.3 is 5.32 Å². The average molecular weight is 238 g/mol. The van der Waals surface area contributed by atoms with Crippen LogP contribution >= 0.6 is 11.6 Å². The Morgan fingerprint density at radius 3 is 2.69 bits per heavy atom. The van der Waals surface area contributed by atoms with Gasteiger partial charge in [-0.1, -0.05) is 36.6 Å². The Morgan fingerprint density at radius 2 is 2.00 bits per heavy atom. The van der Waals surface area contributed by atoms with Gasteiger partial charge in [-0.05, 0) is 30.9 Å². The van der Waals surface area contributed by atoms with E-state index in [-0.39, 0.29) is 5.91 Å². The minimum absolute atomic E-state index is 0.0833. The molecule has 0 radical (unpaired) electrons. The van der Waals surface area contributed by atoms with Crippen molar-refractivity contribution in [1.82, 2.24) is 0 Å². The second-order valence-electron chi connectivity index (χ2n) is 4.38. The van der Waals surface area contributed by atoms with Crippen molar-refractivity contribution in [3.05, 3.63) is 29.3 Å². The average Bonchev–Trinajstić information content (AvgIpc) is 2.74. The number of rotatable bonds is 3. The molecular weight excluding hydrogens is 222 g/mol. The number of halogens is 1. The topological polar surface area (TPSA) is 29.1 Å². The maximum atomic E-state index is 11.8. The predicted octanol–water partition coefficient (Wildman–Crippen LogP) is 3.86. The molecule has 0 unspecified atom stereocenters. The van der Waals surface area contributed by atoms with E-state index in [0.29, 0.717) is 23.0 Å². The van der Waals surface area contributed by atoms with Crippen molar-refractivity contribution in [3.63, 3.8) is 0 Å². The fourth-order valence-electron chi connectivity index (χ4n) is 2.24. The third-order valence-corrected chi connectivity index (χ3v) is 3.43. The van der Waals surface area contributed by atoms with Gasteiger partial charge >= 0.3 is 0 Å². The minimum atomic E-state index is 0.0833. The number of hydrogen-bond acceptors (Lipinski definition) is 1. The van der Waals surface area contributed by atoms with E-state index in [1.165, 1.54) is 25.7 Å². The molecule has 0 atom stereocenters. The minimum Gasteiger partial charge on any atom is -0.325 e. The summed E-state index contributed by atoms with van der Waals surface area (Å²) in [5, 5.41) is 3.47. The molecule has 2 rings (SSSR count). The van der Waals surface area contributed by atoms with Crippen molar-refractivity contribution in [2.75, 3.05) is 5.32 Å². The fourth-order valence-corrected chi connectivity index (χ4v) is 2.42. The molecule has 1 amide bonds.